The van der Waals surface area contributed by atoms with Gasteiger partial charge in [0, 0.05) is 5.56 Å². The second kappa shape index (κ2) is 9.38. The van der Waals surface area contributed by atoms with Gasteiger partial charge in [0.2, 0.25) is 0 Å². The highest BCUT2D eigenvalue weighted by Crippen LogP contribution is 2.34. The van der Waals surface area contributed by atoms with Crippen molar-refractivity contribution >= 4 is 0 Å². The molecule has 1 heterocycles. The van der Waals surface area contributed by atoms with Crippen LogP contribution < -0.4 is 0 Å². The number of aromatic nitrogens is 2. The van der Waals surface area contributed by atoms with Crippen LogP contribution in [-0.2, 0) is 12.8 Å². The van der Waals surface area contributed by atoms with Crippen LogP contribution in [0.3, 0.4) is 0 Å². The van der Waals surface area contributed by atoms with Gasteiger partial charge in [0.1, 0.15) is 0 Å². The van der Waals surface area contributed by atoms with Crippen molar-refractivity contribution in [3.63, 3.8) is 0 Å². The van der Waals surface area contributed by atoms with Crippen LogP contribution in [0.4, 0.5) is 8.78 Å². The molecule has 0 atom stereocenters. The molecule has 1 saturated carbocycles. The molecule has 1 fully saturated rings. The van der Waals surface area contributed by atoms with E-state index in [-0.39, 0.29) is 5.56 Å². The van der Waals surface area contributed by atoms with Crippen LogP contribution in [0.15, 0.2) is 24.3 Å². The first-order valence-corrected chi connectivity index (χ1v) is 10.4. The second-order valence-corrected chi connectivity index (χ2v) is 7.88. The summed E-state index contributed by atoms with van der Waals surface area (Å²) in [4.78, 5) is 0. The fourth-order valence-electron chi connectivity index (χ4n) is 4.25. The van der Waals surface area contributed by atoms with Crippen molar-refractivity contribution in [2.24, 2.45) is 11.8 Å². The summed E-state index contributed by atoms with van der Waals surface area (Å²) in [6, 6.07) is 6.87. The normalized spacial score (nSPS) is 20.0. The van der Waals surface area contributed by atoms with Gasteiger partial charge in [0.05, 0.1) is 11.4 Å². The molecule has 0 radical (unpaired) electrons. The first-order chi connectivity index (χ1) is 13.1. The standard InChI is InChI=1S/C23H30F2N2/c1-3-5-16-6-8-17(9-7-16)10-11-18-12-14-20(23(25)22(18)24)21-15-13-19(4-2)26-27-21/h12-17H,3-11H2,1-2H3. The SMILES string of the molecule is CCCC1CCC(CCc2ccc(-c3ccc(CC)nn3)c(F)c2F)CC1. The Hall–Kier alpha value is -1.84. The molecule has 2 nitrogen and oxygen atoms in total. The summed E-state index contributed by atoms with van der Waals surface area (Å²) < 4.78 is 29.2. The smallest absolute Gasteiger partial charge is 0.168 e. The average Bonchev–Trinajstić information content (AvgIpc) is 2.71. The van der Waals surface area contributed by atoms with Gasteiger partial charge < -0.3 is 0 Å². The van der Waals surface area contributed by atoms with Crippen LogP contribution in [0.1, 0.15) is 70.1 Å². The third-order valence-electron chi connectivity index (χ3n) is 6.01. The Morgan fingerprint density at radius 2 is 1.56 bits per heavy atom. The van der Waals surface area contributed by atoms with E-state index in [1.807, 2.05) is 13.0 Å². The Labute approximate surface area is 161 Å². The van der Waals surface area contributed by atoms with Gasteiger partial charge in [-0.05, 0) is 54.9 Å². The van der Waals surface area contributed by atoms with Crippen LogP contribution in [-0.4, -0.2) is 10.2 Å². The molecule has 27 heavy (non-hydrogen) atoms. The number of nitrogens with zero attached hydrogens (tertiary/aromatic N) is 2. The molecule has 146 valence electrons. The fourth-order valence-corrected chi connectivity index (χ4v) is 4.25. The minimum absolute atomic E-state index is 0.187. The summed E-state index contributed by atoms with van der Waals surface area (Å²) in [7, 11) is 0. The minimum Gasteiger partial charge on any atom is -0.203 e. The molecule has 0 amide bonds. The van der Waals surface area contributed by atoms with Gasteiger partial charge in [0.25, 0.3) is 0 Å². The summed E-state index contributed by atoms with van der Waals surface area (Å²) in [6.07, 6.45) is 9.95. The van der Waals surface area contributed by atoms with Gasteiger partial charge in [-0.1, -0.05) is 58.4 Å². The van der Waals surface area contributed by atoms with Crippen LogP contribution in [0, 0.1) is 23.5 Å². The molecule has 1 aromatic carbocycles. The zero-order chi connectivity index (χ0) is 19.2. The molecule has 3 rings (SSSR count). The summed E-state index contributed by atoms with van der Waals surface area (Å²) in [5.41, 5.74) is 1.88. The lowest BCUT2D eigenvalue weighted by atomic mass is 9.78. The van der Waals surface area contributed by atoms with Crippen LogP contribution >= 0.6 is 0 Å². The summed E-state index contributed by atoms with van der Waals surface area (Å²) in [5, 5.41) is 8.08. The van der Waals surface area contributed by atoms with Crippen molar-refractivity contribution < 1.29 is 8.78 Å². The number of hydrogen-bond donors (Lipinski definition) is 0. The highest BCUT2D eigenvalue weighted by Gasteiger charge is 2.22. The molecule has 1 aromatic heterocycles. The summed E-state index contributed by atoms with van der Waals surface area (Å²) in [5.74, 6) is -0.0149. The van der Waals surface area contributed by atoms with Crippen molar-refractivity contribution in [2.75, 3.05) is 0 Å². The molecule has 0 spiro atoms. The van der Waals surface area contributed by atoms with Crippen molar-refractivity contribution in [1.29, 1.82) is 0 Å². The third kappa shape index (κ3) is 4.91. The van der Waals surface area contributed by atoms with Gasteiger partial charge in [-0.25, -0.2) is 8.78 Å². The quantitative estimate of drug-likeness (QED) is 0.553. The van der Waals surface area contributed by atoms with Crippen molar-refractivity contribution in [1.82, 2.24) is 10.2 Å². The number of benzene rings is 1. The van der Waals surface area contributed by atoms with E-state index in [2.05, 4.69) is 17.1 Å². The fraction of sp³-hybridized carbons (Fsp3) is 0.565. The van der Waals surface area contributed by atoms with E-state index in [9.17, 15) is 8.78 Å². The minimum atomic E-state index is -0.808. The van der Waals surface area contributed by atoms with Crippen LogP contribution in [0.25, 0.3) is 11.3 Å². The maximum Gasteiger partial charge on any atom is 0.168 e. The van der Waals surface area contributed by atoms with Crippen molar-refractivity contribution in [3.8, 4) is 11.3 Å². The highest BCUT2D eigenvalue weighted by molar-refractivity contribution is 5.60. The van der Waals surface area contributed by atoms with Crippen molar-refractivity contribution in [3.05, 3.63) is 47.2 Å². The van der Waals surface area contributed by atoms with Gasteiger partial charge >= 0.3 is 0 Å². The molecule has 1 aliphatic carbocycles. The largest absolute Gasteiger partial charge is 0.203 e. The van der Waals surface area contributed by atoms with E-state index in [1.165, 1.54) is 38.5 Å². The Balaban J connectivity index is 1.63. The Kier molecular flexibility index (Phi) is 6.92. The van der Waals surface area contributed by atoms with E-state index in [4.69, 9.17) is 0 Å². The predicted octanol–water partition coefficient (Wildman–Crippen LogP) is 6.52. The van der Waals surface area contributed by atoms with Gasteiger partial charge in [-0.15, -0.1) is 0 Å². The van der Waals surface area contributed by atoms with Crippen LogP contribution in [0.2, 0.25) is 0 Å². The second-order valence-electron chi connectivity index (χ2n) is 7.88. The maximum atomic E-state index is 14.6. The monoisotopic (exact) mass is 372 g/mol. The highest BCUT2D eigenvalue weighted by atomic mass is 19.2. The number of hydrogen-bond acceptors (Lipinski definition) is 2. The molecule has 0 bridgehead atoms. The number of rotatable bonds is 7. The summed E-state index contributed by atoms with van der Waals surface area (Å²) >= 11 is 0. The number of aryl methyl sites for hydroxylation is 2. The molecular formula is C23H30F2N2. The Morgan fingerprint density at radius 1 is 0.852 bits per heavy atom. The summed E-state index contributed by atoms with van der Waals surface area (Å²) in [6.45, 7) is 4.23. The zero-order valence-electron chi connectivity index (χ0n) is 16.5. The van der Waals surface area contributed by atoms with E-state index in [0.717, 1.165) is 24.5 Å². The molecule has 0 N–H and O–H groups in total. The lowest BCUT2D eigenvalue weighted by molar-refractivity contribution is 0.251. The molecule has 2 aromatic rings. The van der Waals surface area contributed by atoms with Gasteiger partial charge in [-0.2, -0.15) is 10.2 Å². The van der Waals surface area contributed by atoms with Gasteiger partial charge in [-0.3, -0.25) is 0 Å². The van der Waals surface area contributed by atoms with Crippen molar-refractivity contribution in [2.45, 2.75) is 71.6 Å². The van der Waals surface area contributed by atoms with E-state index in [1.54, 1.807) is 18.2 Å². The Morgan fingerprint density at radius 3 is 2.15 bits per heavy atom. The molecule has 0 saturated heterocycles. The molecule has 0 aliphatic heterocycles. The number of halogens is 2. The molecular weight excluding hydrogens is 342 g/mol. The van der Waals surface area contributed by atoms with Gasteiger partial charge in [0.15, 0.2) is 11.6 Å². The lowest BCUT2D eigenvalue weighted by Crippen LogP contribution is -2.15. The first kappa shape index (κ1) is 19.9. The molecule has 0 unspecified atom stereocenters. The zero-order valence-corrected chi connectivity index (χ0v) is 16.5. The first-order valence-electron chi connectivity index (χ1n) is 10.4. The van der Waals surface area contributed by atoms with E-state index in [0.29, 0.717) is 23.6 Å². The maximum absolute atomic E-state index is 14.6. The lowest BCUT2D eigenvalue weighted by Gasteiger charge is -2.28. The van der Waals surface area contributed by atoms with E-state index >= 15 is 0 Å². The predicted molar refractivity (Wildman–Crippen MR) is 105 cm³/mol. The Bertz CT molecular complexity index is 735. The molecule has 1 aliphatic rings. The third-order valence-corrected chi connectivity index (χ3v) is 6.01. The topological polar surface area (TPSA) is 25.8 Å². The average molecular weight is 373 g/mol. The van der Waals surface area contributed by atoms with E-state index < -0.39 is 11.6 Å². The van der Waals surface area contributed by atoms with Crippen LogP contribution in [0.5, 0.6) is 0 Å². The molecule has 4 heteroatoms.